The third-order valence-electron chi connectivity index (χ3n) is 0.976. The zero-order valence-electron chi connectivity index (χ0n) is 5.94. The van der Waals surface area contributed by atoms with Gasteiger partial charge < -0.3 is 4.55 Å². The Hall–Kier alpha value is 0.130. The summed E-state index contributed by atoms with van der Waals surface area (Å²) in [7, 11) is -4.27. The third kappa shape index (κ3) is 3.35. The van der Waals surface area contributed by atoms with Gasteiger partial charge in [-0.3, -0.25) is 0 Å². The molecule has 0 spiro atoms. The number of hydrogen-bond donors (Lipinski definition) is 0. The van der Waals surface area contributed by atoms with Gasteiger partial charge in [-0.25, -0.2) is 8.42 Å². The second-order valence-corrected chi connectivity index (χ2v) is 3.07. The molecule has 0 atom stereocenters. The van der Waals surface area contributed by atoms with E-state index >= 15 is 0 Å². The first-order valence-corrected chi connectivity index (χ1v) is 3.93. The van der Waals surface area contributed by atoms with Crippen molar-refractivity contribution in [2.24, 2.45) is 0 Å². The maximum absolute atomic E-state index is 10.3. The van der Waals surface area contributed by atoms with Crippen molar-refractivity contribution in [2.45, 2.75) is 4.90 Å². The van der Waals surface area contributed by atoms with Crippen molar-refractivity contribution in [3.05, 3.63) is 30.3 Å². The van der Waals surface area contributed by atoms with Crippen LogP contribution in [0.15, 0.2) is 29.2 Å². The molecule has 0 N–H and O–H groups in total. The van der Waals surface area contributed by atoms with Gasteiger partial charge in [0.1, 0.15) is 10.1 Å². The molecule has 3 nitrogen and oxygen atoms in total. The van der Waals surface area contributed by atoms with Crippen LogP contribution < -0.4 is 29.6 Å². The summed E-state index contributed by atoms with van der Waals surface area (Å²) in [6.45, 7) is 0. The molecule has 53 valence electrons. The third-order valence-corrected chi connectivity index (χ3v) is 1.83. The van der Waals surface area contributed by atoms with Gasteiger partial charge in [0, 0.05) is 0 Å². The standard InChI is InChI=1S/C6H5O3S.Na/c7-10(8,9)6-4-2-1-3-5-6;/h2-5H,(H,7,8,9);/q;+1/p-1. The Kier molecular flexibility index (Phi) is 4.28. The van der Waals surface area contributed by atoms with E-state index in [1.165, 1.54) is 24.3 Å². The summed E-state index contributed by atoms with van der Waals surface area (Å²) in [6.07, 6.45) is 0. The van der Waals surface area contributed by atoms with Crippen molar-refractivity contribution in [1.82, 2.24) is 0 Å². The van der Waals surface area contributed by atoms with Gasteiger partial charge in [-0.05, 0) is 18.2 Å². The van der Waals surface area contributed by atoms with E-state index in [1.54, 1.807) is 0 Å². The Morgan fingerprint density at radius 1 is 1.27 bits per heavy atom. The number of benzene rings is 1. The van der Waals surface area contributed by atoms with Crippen molar-refractivity contribution in [3.63, 3.8) is 0 Å². The van der Waals surface area contributed by atoms with E-state index in [-0.39, 0.29) is 34.5 Å². The van der Waals surface area contributed by atoms with Crippen LogP contribution in [0.25, 0.3) is 0 Å². The second-order valence-electron chi connectivity index (χ2n) is 1.69. The maximum Gasteiger partial charge on any atom is 1.00 e. The molecule has 0 saturated carbocycles. The topological polar surface area (TPSA) is 57.2 Å². The number of hydrogen-bond acceptors (Lipinski definition) is 3. The molecule has 11 heavy (non-hydrogen) atoms. The number of rotatable bonds is 1. The van der Waals surface area contributed by atoms with Crippen molar-refractivity contribution >= 4 is 10.1 Å². The Labute approximate surface area is 87.5 Å². The summed E-state index contributed by atoms with van der Waals surface area (Å²) in [5, 5.41) is 0. The fraction of sp³-hybridized carbons (Fsp3) is 0. The zero-order valence-corrected chi connectivity index (χ0v) is 8.76. The molecule has 0 unspecified atom stereocenters. The Morgan fingerprint density at radius 2 is 1.73 bits per heavy atom. The molecule has 0 aliphatic rings. The van der Waals surface area contributed by atoms with E-state index in [9.17, 15) is 13.0 Å². The van der Waals surface area contributed by atoms with Crippen LogP contribution >= 0.6 is 0 Å². The predicted molar refractivity (Wildman–Crippen MR) is 33.2 cm³/mol. The van der Waals surface area contributed by atoms with Crippen molar-refractivity contribution in [1.29, 1.82) is 0 Å². The molecule has 1 radical (unpaired) electrons. The average molecular weight is 179 g/mol. The van der Waals surface area contributed by atoms with Gasteiger partial charge in [0.2, 0.25) is 0 Å². The molecule has 0 aromatic heterocycles. The molecule has 0 heterocycles. The molecule has 0 bridgehead atoms. The van der Waals surface area contributed by atoms with Gasteiger partial charge in [0.25, 0.3) is 0 Å². The summed E-state index contributed by atoms with van der Waals surface area (Å²) < 4.78 is 30.8. The average Bonchev–Trinajstić information content (AvgIpc) is 1.88. The minimum atomic E-state index is -4.27. The first-order valence-electron chi connectivity index (χ1n) is 2.53. The first kappa shape index (κ1) is 11.1. The Balaban J connectivity index is 0.000001000. The van der Waals surface area contributed by atoms with Gasteiger partial charge >= 0.3 is 29.6 Å². The second kappa shape index (κ2) is 4.23. The van der Waals surface area contributed by atoms with E-state index in [2.05, 4.69) is 6.07 Å². The fourth-order valence-corrected chi connectivity index (χ4v) is 1.01. The summed E-state index contributed by atoms with van der Waals surface area (Å²) >= 11 is 0. The van der Waals surface area contributed by atoms with Gasteiger partial charge in [-0.2, -0.15) is 0 Å². The van der Waals surface area contributed by atoms with Gasteiger partial charge in [-0.15, -0.1) is 0 Å². The molecule has 1 aromatic rings. The molecule has 5 heteroatoms. The summed E-state index contributed by atoms with van der Waals surface area (Å²) in [4.78, 5) is -0.216. The van der Waals surface area contributed by atoms with Gasteiger partial charge in [0.05, 0.1) is 4.90 Å². The van der Waals surface area contributed by atoms with Crippen molar-refractivity contribution < 1.29 is 42.5 Å². The fourth-order valence-electron chi connectivity index (χ4n) is 0.538. The summed E-state index contributed by atoms with van der Waals surface area (Å²) in [5.74, 6) is 0. The van der Waals surface area contributed by atoms with Crippen LogP contribution in [0, 0.1) is 6.07 Å². The Morgan fingerprint density at radius 3 is 2.00 bits per heavy atom. The van der Waals surface area contributed by atoms with Gasteiger partial charge in [0.15, 0.2) is 0 Å². The van der Waals surface area contributed by atoms with E-state index in [0.717, 1.165) is 0 Å². The minimum Gasteiger partial charge on any atom is -0.744 e. The summed E-state index contributed by atoms with van der Waals surface area (Å²) in [6, 6.07) is 7.78. The van der Waals surface area contributed by atoms with Gasteiger partial charge in [-0.1, -0.05) is 12.1 Å². The molecule has 0 fully saturated rings. The molecule has 0 amide bonds. The molecular weight excluding hydrogens is 175 g/mol. The normalized spacial score (nSPS) is 10.3. The first-order chi connectivity index (χ1) is 4.61. The van der Waals surface area contributed by atoms with Crippen LogP contribution in [0.1, 0.15) is 0 Å². The quantitative estimate of drug-likeness (QED) is 0.351. The van der Waals surface area contributed by atoms with Crippen LogP contribution in [0.5, 0.6) is 0 Å². The van der Waals surface area contributed by atoms with Crippen LogP contribution in [-0.2, 0) is 10.1 Å². The van der Waals surface area contributed by atoms with Crippen LogP contribution in [0.3, 0.4) is 0 Å². The van der Waals surface area contributed by atoms with E-state index in [0.29, 0.717) is 0 Å². The minimum absolute atomic E-state index is 0. The zero-order chi connectivity index (χ0) is 7.61. The van der Waals surface area contributed by atoms with Crippen molar-refractivity contribution in [2.75, 3.05) is 0 Å². The predicted octanol–water partition coefficient (Wildman–Crippen LogP) is -2.61. The largest absolute Gasteiger partial charge is 1.00 e. The molecule has 1 aromatic carbocycles. The van der Waals surface area contributed by atoms with E-state index < -0.39 is 10.1 Å². The van der Waals surface area contributed by atoms with E-state index in [1.807, 2.05) is 0 Å². The molecule has 0 saturated heterocycles. The maximum atomic E-state index is 10.3. The molecule has 0 aliphatic heterocycles. The summed E-state index contributed by atoms with van der Waals surface area (Å²) in [5.41, 5.74) is 0. The monoisotopic (exact) mass is 179 g/mol. The van der Waals surface area contributed by atoms with Crippen LogP contribution in [0.4, 0.5) is 0 Å². The SMILES string of the molecule is O=S(=O)([O-])c1cc[c]cc1.[Na+]. The van der Waals surface area contributed by atoms with Crippen LogP contribution in [-0.4, -0.2) is 13.0 Å². The smallest absolute Gasteiger partial charge is 0.744 e. The molecule has 0 aliphatic carbocycles. The van der Waals surface area contributed by atoms with E-state index in [4.69, 9.17) is 0 Å². The van der Waals surface area contributed by atoms with Crippen molar-refractivity contribution in [3.8, 4) is 0 Å². The Bertz CT molecular complexity index is 306. The van der Waals surface area contributed by atoms with Crippen LogP contribution in [0.2, 0.25) is 0 Å². The molecule has 1 rings (SSSR count). The molecular formula is C6H4NaO3S.